The van der Waals surface area contributed by atoms with Gasteiger partial charge >= 0.3 is 0 Å². The lowest BCUT2D eigenvalue weighted by atomic mass is 10.3. The van der Waals surface area contributed by atoms with Gasteiger partial charge in [0.1, 0.15) is 0 Å². The summed E-state index contributed by atoms with van der Waals surface area (Å²) in [5, 5.41) is 0. The molecule has 0 bridgehead atoms. The number of ether oxygens (including phenoxy) is 1. The fourth-order valence-corrected chi connectivity index (χ4v) is 0.963. The van der Waals surface area contributed by atoms with Crippen molar-refractivity contribution < 1.29 is 4.74 Å². The molecule has 2 N–H and O–H groups in total. The van der Waals surface area contributed by atoms with E-state index >= 15 is 0 Å². The van der Waals surface area contributed by atoms with Crippen molar-refractivity contribution in [1.29, 1.82) is 0 Å². The van der Waals surface area contributed by atoms with Crippen molar-refractivity contribution in [3.63, 3.8) is 0 Å². The van der Waals surface area contributed by atoms with E-state index in [0.717, 1.165) is 5.69 Å². The van der Waals surface area contributed by atoms with Crippen LogP contribution in [0.3, 0.4) is 0 Å². The van der Waals surface area contributed by atoms with Crippen molar-refractivity contribution in [2.75, 3.05) is 21.2 Å². The minimum absolute atomic E-state index is 0.460. The molecule has 0 amide bonds. The molecule has 1 aromatic rings. The first kappa shape index (κ1) is 11.3. The number of hydrogen-bond donors (Lipinski definition) is 1. The van der Waals surface area contributed by atoms with Gasteiger partial charge < -0.3 is 15.4 Å². The predicted octanol–water partition coefficient (Wildman–Crippen LogP) is 0.467. The lowest BCUT2D eigenvalue weighted by molar-refractivity contribution is 0.396. The van der Waals surface area contributed by atoms with Crippen LogP contribution in [0.1, 0.15) is 5.69 Å². The number of aromatic nitrogens is 1. The summed E-state index contributed by atoms with van der Waals surface area (Å²) in [5.41, 5.74) is 6.48. The minimum Gasteiger partial charge on any atom is -0.481 e. The maximum Gasteiger partial charge on any atom is 0.213 e. The summed E-state index contributed by atoms with van der Waals surface area (Å²) in [7, 11) is 5.28. The third kappa shape index (κ3) is 3.46. The van der Waals surface area contributed by atoms with Crippen LogP contribution in [0.25, 0.3) is 0 Å². The number of methoxy groups -OCH3 is 1. The molecule has 0 spiro atoms. The van der Waals surface area contributed by atoms with Crippen molar-refractivity contribution in [2.45, 2.75) is 6.54 Å². The summed E-state index contributed by atoms with van der Waals surface area (Å²) in [6.07, 6.45) is 0. The Morgan fingerprint density at radius 1 is 1.53 bits per heavy atom. The van der Waals surface area contributed by atoms with Crippen LogP contribution in [0.15, 0.2) is 23.2 Å². The van der Waals surface area contributed by atoms with E-state index in [9.17, 15) is 0 Å². The highest BCUT2D eigenvalue weighted by Gasteiger charge is 1.98. The van der Waals surface area contributed by atoms with E-state index in [1.54, 1.807) is 18.1 Å². The molecule has 1 heterocycles. The Kier molecular flexibility index (Phi) is 3.91. The van der Waals surface area contributed by atoms with E-state index < -0.39 is 0 Å². The molecular formula is C10H16N4O. The summed E-state index contributed by atoms with van der Waals surface area (Å²) in [4.78, 5) is 10.1. The molecule has 0 aliphatic heterocycles. The van der Waals surface area contributed by atoms with Gasteiger partial charge in [-0.2, -0.15) is 0 Å². The van der Waals surface area contributed by atoms with Gasteiger partial charge in [-0.1, -0.05) is 6.07 Å². The zero-order valence-corrected chi connectivity index (χ0v) is 9.27. The van der Waals surface area contributed by atoms with Crippen LogP contribution in [-0.2, 0) is 6.54 Å². The first-order valence-electron chi connectivity index (χ1n) is 4.60. The second kappa shape index (κ2) is 5.19. The van der Waals surface area contributed by atoms with E-state index in [4.69, 9.17) is 10.5 Å². The summed E-state index contributed by atoms with van der Waals surface area (Å²) < 4.78 is 5.01. The lowest BCUT2D eigenvalue weighted by Crippen LogP contribution is -2.30. The van der Waals surface area contributed by atoms with Gasteiger partial charge in [0.05, 0.1) is 19.3 Å². The molecule has 0 aliphatic carbocycles. The van der Waals surface area contributed by atoms with E-state index in [1.807, 2.05) is 26.2 Å². The number of nitrogens with zero attached hydrogens (tertiary/aromatic N) is 3. The van der Waals surface area contributed by atoms with Crippen molar-refractivity contribution in [3.8, 4) is 5.88 Å². The number of nitrogens with two attached hydrogens (primary N) is 1. The average molecular weight is 208 g/mol. The minimum atomic E-state index is 0.460. The van der Waals surface area contributed by atoms with Gasteiger partial charge in [0.25, 0.3) is 0 Å². The molecule has 0 atom stereocenters. The van der Waals surface area contributed by atoms with Crippen LogP contribution in [0, 0.1) is 0 Å². The van der Waals surface area contributed by atoms with Crippen LogP contribution in [-0.4, -0.2) is 37.0 Å². The first-order chi connectivity index (χ1) is 7.13. The lowest BCUT2D eigenvalue weighted by Gasteiger charge is -2.10. The van der Waals surface area contributed by atoms with E-state index in [-0.39, 0.29) is 0 Å². The smallest absolute Gasteiger partial charge is 0.213 e. The molecule has 0 unspecified atom stereocenters. The molecule has 5 nitrogen and oxygen atoms in total. The zero-order valence-electron chi connectivity index (χ0n) is 9.27. The molecule has 5 heteroatoms. The molecule has 82 valence electrons. The van der Waals surface area contributed by atoms with Gasteiger partial charge in [-0.05, 0) is 6.07 Å². The maximum atomic E-state index is 5.65. The largest absolute Gasteiger partial charge is 0.481 e. The van der Waals surface area contributed by atoms with E-state index in [0.29, 0.717) is 18.4 Å². The monoisotopic (exact) mass is 208 g/mol. The van der Waals surface area contributed by atoms with Crippen molar-refractivity contribution >= 4 is 5.96 Å². The average Bonchev–Trinajstić information content (AvgIpc) is 2.26. The van der Waals surface area contributed by atoms with Crippen LogP contribution < -0.4 is 10.5 Å². The topological polar surface area (TPSA) is 63.7 Å². The van der Waals surface area contributed by atoms with Crippen LogP contribution >= 0.6 is 0 Å². The van der Waals surface area contributed by atoms with Crippen molar-refractivity contribution in [1.82, 2.24) is 9.88 Å². The van der Waals surface area contributed by atoms with Gasteiger partial charge in [0.15, 0.2) is 5.96 Å². The second-order valence-corrected chi connectivity index (χ2v) is 3.24. The number of rotatable bonds is 3. The van der Waals surface area contributed by atoms with Crippen molar-refractivity contribution in [3.05, 3.63) is 23.9 Å². The Morgan fingerprint density at radius 3 is 2.87 bits per heavy atom. The predicted molar refractivity (Wildman–Crippen MR) is 59.8 cm³/mol. The fourth-order valence-electron chi connectivity index (χ4n) is 0.963. The summed E-state index contributed by atoms with van der Waals surface area (Å²) >= 11 is 0. The SMILES string of the molecule is COc1cccc(CN=C(N)N(C)C)n1. The molecular weight excluding hydrogens is 192 g/mol. The molecule has 0 fully saturated rings. The molecule has 0 saturated carbocycles. The molecule has 0 aliphatic rings. The van der Waals surface area contributed by atoms with Gasteiger partial charge in [0, 0.05) is 20.2 Å². The Labute approximate surface area is 89.6 Å². The third-order valence-corrected chi connectivity index (χ3v) is 1.85. The standard InChI is InChI=1S/C10H16N4O/c1-14(2)10(11)12-7-8-5-4-6-9(13-8)15-3/h4-6H,7H2,1-3H3,(H2,11,12). The highest BCUT2D eigenvalue weighted by molar-refractivity contribution is 5.77. The number of guanidine groups is 1. The van der Waals surface area contributed by atoms with Gasteiger partial charge in [-0.25, -0.2) is 9.98 Å². The van der Waals surface area contributed by atoms with Crippen LogP contribution in [0.2, 0.25) is 0 Å². The summed E-state index contributed by atoms with van der Waals surface area (Å²) in [5.74, 6) is 1.07. The normalized spacial score (nSPS) is 11.3. The highest BCUT2D eigenvalue weighted by atomic mass is 16.5. The second-order valence-electron chi connectivity index (χ2n) is 3.24. The van der Waals surface area contributed by atoms with Crippen molar-refractivity contribution in [2.24, 2.45) is 10.7 Å². The Balaban J connectivity index is 2.69. The van der Waals surface area contributed by atoms with Gasteiger partial charge in [0.2, 0.25) is 5.88 Å². The van der Waals surface area contributed by atoms with E-state index in [1.165, 1.54) is 0 Å². The number of aliphatic imine (C=N–C) groups is 1. The molecule has 0 saturated heterocycles. The summed E-state index contributed by atoms with van der Waals surface area (Å²) in [6.45, 7) is 0.460. The molecule has 0 aromatic carbocycles. The fraction of sp³-hybridized carbons (Fsp3) is 0.400. The highest BCUT2D eigenvalue weighted by Crippen LogP contribution is 2.07. The number of hydrogen-bond acceptors (Lipinski definition) is 3. The first-order valence-corrected chi connectivity index (χ1v) is 4.60. The molecule has 1 aromatic heterocycles. The third-order valence-electron chi connectivity index (χ3n) is 1.85. The number of pyridine rings is 1. The Bertz CT molecular complexity index is 349. The van der Waals surface area contributed by atoms with E-state index in [2.05, 4.69) is 9.98 Å². The Morgan fingerprint density at radius 2 is 2.27 bits per heavy atom. The molecule has 0 radical (unpaired) electrons. The van der Waals surface area contributed by atoms with Crippen LogP contribution in [0.5, 0.6) is 5.88 Å². The van der Waals surface area contributed by atoms with Gasteiger partial charge in [-0.15, -0.1) is 0 Å². The molecule has 1 rings (SSSR count). The van der Waals surface area contributed by atoms with Crippen LogP contribution in [0.4, 0.5) is 0 Å². The maximum absolute atomic E-state index is 5.65. The summed E-state index contributed by atoms with van der Waals surface area (Å²) in [6, 6.07) is 5.56. The molecule has 15 heavy (non-hydrogen) atoms. The Hall–Kier alpha value is -1.78. The quantitative estimate of drug-likeness (QED) is 0.579. The zero-order chi connectivity index (χ0) is 11.3. The van der Waals surface area contributed by atoms with Gasteiger partial charge in [-0.3, -0.25) is 0 Å².